The molecule has 0 N–H and O–H groups in total. The predicted molar refractivity (Wildman–Crippen MR) is 53.7 cm³/mol. The van der Waals surface area contributed by atoms with Crippen molar-refractivity contribution in [2.24, 2.45) is 5.92 Å². The monoisotopic (exact) mass is 214 g/mol. The maximum atomic E-state index is 11.7. The molecule has 0 aromatic heterocycles. The third-order valence-corrected chi connectivity index (χ3v) is 3.01. The van der Waals surface area contributed by atoms with Gasteiger partial charge in [-0.15, -0.1) is 0 Å². The Morgan fingerprint density at radius 2 is 1.87 bits per heavy atom. The van der Waals surface area contributed by atoms with Gasteiger partial charge in [0.1, 0.15) is 6.61 Å². The minimum atomic E-state index is 0.0739. The van der Waals surface area contributed by atoms with Crippen molar-refractivity contribution in [2.75, 3.05) is 33.0 Å². The average Bonchev–Trinajstić information content (AvgIpc) is 2.81. The molecule has 4 nitrogen and oxygen atoms in total. The van der Waals surface area contributed by atoms with Crippen LogP contribution in [-0.2, 0) is 19.0 Å². The second-order valence-electron chi connectivity index (χ2n) is 4.15. The molecular formula is C11H18O4. The summed E-state index contributed by atoms with van der Waals surface area (Å²) in [5, 5.41) is 0. The molecule has 0 aromatic carbocycles. The van der Waals surface area contributed by atoms with Gasteiger partial charge < -0.3 is 14.2 Å². The number of ether oxygens (including phenoxy) is 3. The molecule has 86 valence electrons. The third-order valence-electron chi connectivity index (χ3n) is 3.01. The van der Waals surface area contributed by atoms with Crippen LogP contribution in [0.2, 0.25) is 0 Å². The van der Waals surface area contributed by atoms with E-state index in [4.69, 9.17) is 14.2 Å². The van der Waals surface area contributed by atoms with Crippen molar-refractivity contribution in [3.63, 3.8) is 0 Å². The van der Waals surface area contributed by atoms with E-state index >= 15 is 0 Å². The van der Waals surface area contributed by atoms with E-state index in [0.29, 0.717) is 13.2 Å². The summed E-state index contributed by atoms with van der Waals surface area (Å²) in [5.74, 6) is 0.267. The molecule has 2 aliphatic heterocycles. The minimum absolute atomic E-state index is 0.0739. The van der Waals surface area contributed by atoms with Crippen LogP contribution in [0.5, 0.6) is 0 Å². The summed E-state index contributed by atoms with van der Waals surface area (Å²) in [7, 11) is 0. The Hall–Kier alpha value is -0.450. The van der Waals surface area contributed by atoms with Gasteiger partial charge in [-0.1, -0.05) is 0 Å². The van der Waals surface area contributed by atoms with Crippen molar-refractivity contribution in [3.05, 3.63) is 0 Å². The third kappa shape index (κ3) is 3.26. The Morgan fingerprint density at radius 1 is 1.13 bits per heavy atom. The summed E-state index contributed by atoms with van der Waals surface area (Å²) in [5.41, 5.74) is 0. The molecule has 0 aliphatic carbocycles. The van der Waals surface area contributed by atoms with Crippen LogP contribution in [0.4, 0.5) is 0 Å². The number of ketones is 1. The molecule has 0 bridgehead atoms. The molecule has 2 fully saturated rings. The lowest BCUT2D eigenvalue weighted by Crippen LogP contribution is -2.28. The second kappa shape index (κ2) is 5.58. The Bertz CT molecular complexity index is 205. The predicted octanol–water partition coefficient (Wildman–Crippen LogP) is 0.788. The van der Waals surface area contributed by atoms with Crippen LogP contribution in [-0.4, -0.2) is 44.9 Å². The molecule has 15 heavy (non-hydrogen) atoms. The first-order valence-electron chi connectivity index (χ1n) is 5.66. The quantitative estimate of drug-likeness (QED) is 0.694. The Morgan fingerprint density at radius 3 is 2.53 bits per heavy atom. The zero-order chi connectivity index (χ0) is 10.5. The van der Waals surface area contributed by atoms with Gasteiger partial charge in [-0.05, 0) is 19.3 Å². The summed E-state index contributed by atoms with van der Waals surface area (Å²) in [6, 6.07) is 0. The van der Waals surface area contributed by atoms with Crippen LogP contribution >= 0.6 is 0 Å². The van der Waals surface area contributed by atoms with Crippen LogP contribution in [0, 0.1) is 5.92 Å². The lowest BCUT2D eigenvalue weighted by atomic mass is 10.0. The SMILES string of the molecule is O=C(COC1CCOCC1)C1CCOC1. The standard InChI is InChI=1S/C11H18O4/c12-11(9-1-4-14-7-9)8-15-10-2-5-13-6-3-10/h9-10H,1-8H2. The summed E-state index contributed by atoms with van der Waals surface area (Å²) in [6.07, 6.45) is 2.89. The molecule has 1 unspecified atom stereocenters. The summed E-state index contributed by atoms with van der Waals surface area (Å²) >= 11 is 0. The Balaban J connectivity index is 1.65. The van der Waals surface area contributed by atoms with Crippen LogP contribution < -0.4 is 0 Å². The summed E-state index contributed by atoms with van der Waals surface area (Å²) in [4.78, 5) is 11.7. The highest BCUT2D eigenvalue weighted by Crippen LogP contribution is 2.15. The number of carbonyl (C=O) groups is 1. The normalized spacial score (nSPS) is 28.1. The fourth-order valence-electron chi connectivity index (χ4n) is 1.95. The van der Waals surface area contributed by atoms with Crippen molar-refractivity contribution in [1.29, 1.82) is 0 Å². The molecule has 0 saturated carbocycles. The molecule has 0 aromatic rings. The number of Topliss-reactive ketones (excluding diaryl/α,β-unsaturated/α-hetero) is 1. The smallest absolute Gasteiger partial charge is 0.163 e. The number of rotatable bonds is 4. The van der Waals surface area contributed by atoms with E-state index in [0.717, 1.165) is 32.5 Å². The maximum absolute atomic E-state index is 11.7. The van der Waals surface area contributed by atoms with Crippen molar-refractivity contribution in [1.82, 2.24) is 0 Å². The van der Waals surface area contributed by atoms with Gasteiger partial charge in [0.15, 0.2) is 5.78 Å². The van der Waals surface area contributed by atoms with Gasteiger partial charge in [0.2, 0.25) is 0 Å². The van der Waals surface area contributed by atoms with Crippen LogP contribution in [0.1, 0.15) is 19.3 Å². The topological polar surface area (TPSA) is 44.8 Å². The Kier molecular flexibility index (Phi) is 4.11. The second-order valence-corrected chi connectivity index (χ2v) is 4.15. The van der Waals surface area contributed by atoms with Crippen molar-refractivity contribution in [2.45, 2.75) is 25.4 Å². The van der Waals surface area contributed by atoms with Crippen LogP contribution in [0.3, 0.4) is 0 Å². The maximum Gasteiger partial charge on any atom is 0.163 e. The van der Waals surface area contributed by atoms with Crippen LogP contribution in [0.25, 0.3) is 0 Å². The molecule has 4 heteroatoms. The van der Waals surface area contributed by atoms with Gasteiger partial charge in [0.25, 0.3) is 0 Å². The molecule has 2 aliphatic rings. The van der Waals surface area contributed by atoms with E-state index in [1.54, 1.807) is 0 Å². The highest BCUT2D eigenvalue weighted by Gasteiger charge is 2.24. The van der Waals surface area contributed by atoms with Gasteiger partial charge in [0, 0.05) is 25.7 Å². The van der Waals surface area contributed by atoms with Gasteiger partial charge in [-0.3, -0.25) is 4.79 Å². The van der Waals surface area contributed by atoms with Gasteiger partial charge in [0.05, 0.1) is 12.7 Å². The van der Waals surface area contributed by atoms with Crippen LogP contribution in [0.15, 0.2) is 0 Å². The van der Waals surface area contributed by atoms with E-state index in [9.17, 15) is 4.79 Å². The number of hydrogen-bond donors (Lipinski definition) is 0. The molecule has 2 heterocycles. The first-order chi connectivity index (χ1) is 7.36. The minimum Gasteiger partial charge on any atom is -0.381 e. The molecule has 1 atom stereocenters. The first kappa shape index (κ1) is 11.0. The van der Waals surface area contributed by atoms with Gasteiger partial charge >= 0.3 is 0 Å². The number of carbonyl (C=O) groups excluding carboxylic acids is 1. The van der Waals surface area contributed by atoms with E-state index in [1.165, 1.54) is 0 Å². The molecule has 2 saturated heterocycles. The first-order valence-corrected chi connectivity index (χ1v) is 5.66. The van der Waals surface area contributed by atoms with E-state index < -0.39 is 0 Å². The highest BCUT2D eigenvalue weighted by molar-refractivity contribution is 5.82. The average molecular weight is 214 g/mol. The number of hydrogen-bond acceptors (Lipinski definition) is 4. The summed E-state index contributed by atoms with van der Waals surface area (Å²) in [6.45, 7) is 3.05. The lowest BCUT2D eigenvalue weighted by molar-refractivity contribution is -0.131. The molecular weight excluding hydrogens is 196 g/mol. The highest BCUT2D eigenvalue weighted by atomic mass is 16.5. The zero-order valence-corrected chi connectivity index (χ0v) is 8.94. The fraction of sp³-hybridized carbons (Fsp3) is 0.909. The lowest BCUT2D eigenvalue weighted by Gasteiger charge is -2.22. The Labute approximate surface area is 89.9 Å². The van der Waals surface area contributed by atoms with E-state index in [2.05, 4.69) is 0 Å². The summed E-state index contributed by atoms with van der Waals surface area (Å²) < 4.78 is 16.0. The van der Waals surface area contributed by atoms with Crippen molar-refractivity contribution in [3.8, 4) is 0 Å². The van der Waals surface area contributed by atoms with Gasteiger partial charge in [-0.25, -0.2) is 0 Å². The van der Waals surface area contributed by atoms with Crippen molar-refractivity contribution < 1.29 is 19.0 Å². The molecule has 2 rings (SSSR count). The van der Waals surface area contributed by atoms with E-state index in [1.807, 2.05) is 0 Å². The van der Waals surface area contributed by atoms with Crippen molar-refractivity contribution >= 4 is 5.78 Å². The van der Waals surface area contributed by atoms with E-state index in [-0.39, 0.29) is 24.4 Å². The molecule has 0 radical (unpaired) electrons. The largest absolute Gasteiger partial charge is 0.381 e. The molecule has 0 amide bonds. The van der Waals surface area contributed by atoms with Gasteiger partial charge in [-0.2, -0.15) is 0 Å². The molecule has 0 spiro atoms. The zero-order valence-electron chi connectivity index (χ0n) is 8.94. The fourth-order valence-corrected chi connectivity index (χ4v) is 1.95.